The molecule has 0 aromatic heterocycles. The summed E-state index contributed by atoms with van der Waals surface area (Å²) < 4.78 is 7.12. The van der Waals surface area contributed by atoms with Crippen LogP contribution in [0, 0.1) is 38.9 Å². The second kappa shape index (κ2) is 6.64. The molecule has 2 aliphatic heterocycles. The van der Waals surface area contributed by atoms with E-state index in [4.69, 9.17) is 4.74 Å². The number of allylic oxidation sites excluding steroid dienone is 2. The van der Waals surface area contributed by atoms with E-state index in [2.05, 4.69) is 61.5 Å². The molecule has 31 heavy (non-hydrogen) atoms. The van der Waals surface area contributed by atoms with Crippen LogP contribution in [0.3, 0.4) is 0 Å². The summed E-state index contributed by atoms with van der Waals surface area (Å²) >= 11 is 0. The minimum absolute atomic E-state index is 0.179. The topological polar surface area (TPSA) is 9.23 Å². The smallest absolute Gasteiger partial charge is 0.0777 e. The average Bonchev–Trinajstić information content (AvgIpc) is 3.20. The highest BCUT2D eigenvalue weighted by Crippen LogP contribution is 2.78. The Morgan fingerprint density at radius 1 is 0.806 bits per heavy atom. The number of fused-ring (bicyclic) bond motifs is 4. The van der Waals surface area contributed by atoms with Crippen molar-refractivity contribution in [2.45, 2.75) is 138 Å². The van der Waals surface area contributed by atoms with E-state index in [0.717, 1.165) is 11.8 Å². The molecule has 0 unspecified atom stereocenters. The first kappa shape index (κ1) is 22.5. The van der Waals surface area contributed by atoms with E-state index in [1.807, 2.05) is 0 Å². The molecule has 1 nitrogen and oxygen atoms in total. The normalized spacial score (nSPS) is 54.6. The molecule has 3 aliphatic carbocycles. The van der Waals surface area contributed by atoms with E-state index in [1.54, 1.807) is 0 Å². The molecule has 2 bridgehead atoms. The molecule has 3 saturated carbocycles. The monoisotopic (exact) mass is 426 g/mol. The zero-order chi connectivity index (χ0) is 22.5. The second-order valence-electron chi connectivity index (χ2n) is 14.7. The minimum atomic E-state index is 0.179. The molecule has 0 aromatic rings. The average molecular weight is 427 g/mol. The summed E-state index contributed by atoms with van der Waals surface area (Å²) in [5.41, 5.74) is 3.90. The van der Waals surface area contributed by atoms with Gasteiger partial charge in [-0.1, -0.05) is 53.2 Å². The molecule has 0 radical (unpaired) electrons. The van der Waals surface area contributed by atoms with E-state index in [-0.39, 0.29) is 5.60 Å². The molecule has 0 amide bonds. The van der Waals surface area contributed by atoms with Crippen LogP contribution < -0.4 is 0 Å². The summed E-state index contributed by atoms with van der Waals surface area (Å²) in [5, 5.41) is 0. The van der Waals surface area contributed by atoms with Crippen LogP contribution in [-0.2, 0) is 4.74 Å². The van der Waals surface area contributed by atoms with E-state index in [0.29, 0.717) is 33.2 Å². The van der Waals surface area contributed by atoms with Crippen LogP contribution in [0.25, 0.3) is 0 Å². The van der Waals surface area contributed by atoms with Gasteiger partial charge in [-0.15, -0.1) is 0 Å². The SMILES string of the molecule is CC(C)=CCC[C@@]1(C)CC[C@]2(C)[C@@H]3CC[C@@H]4C(C)(C)[C@@H]5CC[C@]4(O5)[C@]3(C)CC[C@@]2(C)C1. The third kappa shape index (κ3) is 2.77. The maximum absolute atomic E-state index is 7.12. The maximum atomic E-state index is 7.12. The molecule has 0 N–H and O–H groups in total. The lowest BCUT2D eigenvalue weighted by Crippen LogP contribution is -2.67. The zero-order valence-electron chi connectivity index (χ0n) is 22.0. The Kier molecular flexibility index (Phi) is 4.82. The van der Waals surface area contributed by atoms with Gasteiger partial charge in [0.05, 0.1) is 11.7 Å². The van der Waals surface area contributed by atoms with Crippen LogP contribution in [0.2, 0.25) is 0 Å². The first-order chi connectivity index (χ1) is 14.3. The van der Waals surface area contributed by atoms with Crippen LogP contribution in [0.15, 0.2) is 11.6 Å². The zero-order valence-corrected chi connectivity index (χ0v) is 22.0. The van der Waals surface area contributed by atoms with Crippen LogP contribution in [-0.4, -0.2) is 11.7 Å². The Balaban J connectivity index is 1.45. The van der Waals surface area contributed by atoms with Gasteiger partial charge in [0.1, 0.15) is 0 Å². The Hall–Kier alpha value is -0.300. The lowest BCUT2D eigenvalue weighted by molar-refractivity contribution is -0.249. The lowest BCUT2D eigenvalue weighted by atomic mass is 9.33. The van der Waals surface area contributed by atoms with Crippen molar-refractivity contribution in [3.8, 4) is 0 Å². The first-order valence-corrected chi connectivity index (χ1v) is 13.6. The second-order valence-corrected chi connectivity index (χ2v) is 14.7. The molecule has 1 heteroatoms. The molecular weight excluding hydrogens is 376 g/mol. The summed E-state index contributed by atoms with van der Waals surface area (Å²) in [5.74, 6) is 1.62. The van der Waals surface area contributed by atoms with Crippen molar-refractivity contribution in [3.05, 3.63) is 11.6 Å². The van der Waals surface area contributed by atoms with Crippen molar-refractivity contribution in [1.29, 1.82) is 0 Å². The standard InChI is InChI=1S/C30H50O/c1-21(2)10-9-14-26(5)16-18-28(7)23-12-11-22-25(3,4)24-13-15-30(22,31-24)29(23,8)19-17-27(28,6)20-26/h10,22-24H,9,11-20H2,1-8H3/t22-,23+,24+,26+,27+,28-,29-,30-/m1/s1. The van der Waals surface area contributed by atoms with Gasteiger partial charge in [-0.3, -0.25) is 0 Å². The third-order valence-electron chi connectivity index (χ3n) is 12.6. The number of hydrogen-bond donors (Lipinski definition) is 0. The Morgan fingerprint density at radius 2 is 1.48 bits per heavy atom. The van der Waals surface area contributed by atoms with E-state index < -0.39 is 0 Å². The van der Waals surface area contributed by atoms with Crippen molar-refractivity contribution < 1.29 is 4.74 Å². The Bertz CT molecular complexity index is 775. The first-order valence-electron chi connectivity index (χ1n) is 13.6. The fraction of sp³-hybridized carbons (Fsp3) is 0.933. The summed E-state index contributed by atoms with van der Waals surface area (Å²) in [4.78, 5) is 0. The van der Waals surface area contributed by atoms with Crippen LogP contribution in [0.4, 0.5) is 0 Å². The minimum Gasteiger partial charge on any atom is -0.370 e. The van der Waals surface area contributed by atoms with Crippen LogP contribution >= 0.6 is 0 Å². The summed E-state index contributed by atoms with van der Waals surface area (Å²) in [6, 6.07) is 0. The highest BCUT2D eigenvalue weighted by Gasteiger charge is 2.76. The van der Waals surface area contributed by atoms with Gasteiger partial charge in [0.25, 0.3) is 0 Å². The van der Waals surface area contributed by atoms with Crippen molar-refractivity contribution in [2.75, 3.05) is 0 Å². The molecule has 0 aromatic carbocycles. The fourth-order valence-corrected chi connectivity index (χ4v) is 10.6. The van der Waals surface area contributed by atoms with Gasteiger partial charge in [-0.25, -0.2) is 0 Å². The molecule has 2 saturated heterocycles. The molecule has 5 aliphatic rings. The number of hydrogen-bond acceptors (Lipinski definition) is 1. The summed E-state index contributed by atoms with van der Waals surface area (Å²) in [6.45, 7) is 20.3. The van der Waals surface area contributed by atoms with Gasteiger partial charge in [-0.05, 0) is 118 Å². The molecule has 1 spiro atoms. The number of rotatable bonds is 3. The van der Waals surface area contributed by atoms with Crippen LogP contribution in [0.1, 0.15) is 126 Å². The molecule has 5 rings (SSSR count). The van der Waals surface area contributed by atoms with E-state index >= 15 is 0 Å². The van der Waals surface area contributed by atoms with E-state index in [9.17, 15) is 0 Å². The number of ether oxygens (including phenoxy) is 1. The quantitative estimate of drug-likeness (QED) is 0.410. The van der Waals surface area contributed by atoms with Gasteiger partial charge in [0.2, 0.25) is 0 Å². The van der Waals surface area contributed by atoms with E-state index in [1.165, 1.54) is 76.2 Å². The largest absolute Gasteiger partial charge is 0.370 e. The van der Waals surface area contributed by atoms with Gasteiger partial charge in [0, 0.05) is 5.41 Å². The molecule has 176 valence electrons. The Labute approximate surface area is 193 Å². The van der Waals surface area contributed by atoms with Crippen molar-refractivity contribution in [2.24, 2.45) is 38.9 Å². The highest BCUT2D eigenvalue weighted by atomic mass is 16.5. The van der Waals surface area contributed by atoms with Gasteiger partial charge in [-0.2, -0.15) is 0 Å². The predicted octanol–water partition coefficient (Wildman–Crippen LogP) is 8.72. The lowest BCUT2D eigenvalue weighted by Gasteiger charge is -2.71. The van der Waals surface area contributed by atoms with Gasteiger partial charge < -0.3 is 4.74 Å². The Morgan fingerprint density at radius 3 is 2.19 bits per heavy atom. The molecule has 5 fully saturated rings. The highest BCUT2D eigenvalue weighted by molar-refractivity contribution is 5.24. The predicted molar refractivity (Wildman–Crippen MR) is 131 cm³/mol. The fourth-order valence-electron chi connectivity index (χ4n) is 10.6. The summed E-state index contributed by atoms with van der Waals surface area (Å²) in [7, 11) is 0. The van der Waals surface area contributed by atoms with Crippen molar-refractivity contribution in [1.82, 2.24) is 0 Å². The van der Waals surface area contributed by atoms with Crippen LogP contribution in [0.5, 0.6) is 0 Å². The van der Waals surface area contributed by atoms with Crippen molar-refractivity contribution in [3.63, 3.8) is 0 Å². The summed E-state index contributed by atoms with van der Waals surface area (Å²) in [6.07, 6.45) is 18.2. The molecule has 8 atom stereocenters. The van der Waals surface area contributed by atoms with Gasteiger partial charge >= 0.3 is 0 Å². The molecule has 2 heterocycles. The molecular formula is C30H50O. The third-order valence-corrected chi connectivity index (χ3v) is 12.6. The van der Waals surface area contributed by atoms with Gasteiger partial charge in [0.15, 0.2) is 0 Å². The van der Waals surface area contributed by atoms with Crippen molar-refractivity contribution >= 4 is 0 Å². The maximum Gasteiger partial charge on any atom is 0.0777 e.